The van der Waals surface area contributed by atoms with Crippen LogP contribution < -0.4 is 5.69 Å². The standard InChI is InChI=1S/C20H14FN7O/c21-11-3-4-14-17(8-11)27(10-24-14)19-23-9-15-18(26-19)28(20(29)25-15)16-6-5-13-12(16)2-1-7-22-13/h1-4,7-10,16H,5-6H2,(H,25,29). The van der Waals surface area contributed by atoms with Crippen LogP contribution in [0, 0.1) is 5.82 Å². The summed E-state index contributed by atoms with van der Waals surface area (Å²) < 4.78 is 17.0. The maximum absolute atomic E-state index is 13.7. The number of benzene rings is 1. The van der Waals surface area contributed by atoms with Gasteiger partial charge in [0.1, 0.15) is 17.7 Å². The van der Waals surface area contributed by atoms with E-state index >= 15 is 0 Å². The van der Waals surface area contributed by atoms with E-state index in [1.807, 2.05) is 12.1 Å². The molecule has 1 aromatic carbocycles. The first-order valence-electron chi connectivity index (χ1n) is 9.23. The van der Waals surface area contributed by atoms with Crippen molar-refractivity contribution >= 4 is 22.2 Å². The van der Waals surface area contributed by atoms with Crippen molar-refractivity contribution < 1.29 is 4.39 Å². The van der Waals surface area contributed by atoms with Crippen LogP contribution >= 0.6 is 0 Å². The summed E-state index contributed by atoms with van der Waals surface area (Å²) in [4.78, 5) is 33.3. The third-order valence-corrected chi connectivity index (χ3v) is 5.42. The quantitative estimate of drug-likeness (QED) is 0.502. The lowest BCUT2D eigenvalue weighted by Gasteiger charge is -2.13. The summed E-state index contributed by atoms with van der Waals surface area (Å²) in [7, 11) is 0. The zero-order chi connectivity index (χ0) is 19.5. The first kappa shape index (κ1) is 16.1. The molecule has 4 aromatic heterocycles. The number of H-pyrrole nitrogens is 1. The van der Waals surface area contributed by atoms with Crippen molar-refractivity contribution in [2.45, 2.75) is 18.9 Å². The number of pyridine rings is 1. The molecule has 4 heterocycles. The predicted octanol–water partition coefficient (Wildman–Crippen LogP) is 2.53. The molecule has 0 spiro atoms. The van der Waals surface area contributed by atoms with Crippen molar-refractivity contribution in [1.82, 2.24) is 34.1 Å². The van der Waals surface area contributed by atoms with E-state index in [0.29, 0.717) is 28.1 Å². The fourth-order valence-corrected chi connectivity index (χ4v) is 4.11. The predicted molar refractivity (Wildman–Crippen MR) is 103 cm³/mol. The van der Waals surface area contributed by atoms with Crippen molar-refractivity contribution in [2.75, 3.05) is 0 Å². The van der Waals surface area contributed by atoms with Gasteiger partial charge in [-0.1, -0.05) is 6.07 Å². The van der Waals surface area contributed by atoms with E-state index in [4.69, 9.17) is 0 Å². The number of hydrogen-bond donors (Lipinski definition) is 1. The molecule has 0 fully saturated rings. The summed E-state index contributed by atoms with van der Waals surface area (Å²) in [5.41, 5.74) is 4.04. The van der Waals surface area contributed by atoms with Crippen LogP contribution in [0.5, 0.6) is 0 Å². The van der Waals surface area contributed by atoms with Crippen molar-refractivity contribution in [3.63, 3.8) is 0 Å². The summed E-state index contributed by atoms with van der Waals surface area (Å²) in [6.07, 6.45) is 6.47. The summed E-state index contributed by atoms with van der Waals surface area (Å²) in [5.74, 6) is -0.0447. The van der Waals surface area contributed by atoms with Gasteiger partial charge in [-0.3, -0.25) is 14.1 Å². The molecular formula is C20H14FN7O. The van der Waals surface area contributed by atoms with Crippen LogP contribution in [0.1, 0.15) is 23.7 Å². The number of fused-ring (bicyclic) bond motifs is 3. The fourth-order valence-electron chi connectivity index (χ4n) is 4.11. The minimum atomic E-state index is -0.367. The molecule has 1 atom stereocenters. The number of nitrogens with zero attached hydrogens (tertiary/aromatic N) is 6. The van der Waals surface area contributed by atoms with E-state index in [0.717, 1.165) is 24.1 Å². The van der Waals surface area contributed by atoms with Gasteiger partial charge in [0.15, 0.2) is 5.65 Å². The third-order valence-electron chi connectivity index (χ3n) is 5.42. The highest BCUT2D eigenvalue weighted by atomic mass is 19.1. The lowest BCUT2D eigenvalue weighted by molar-refractivity contribution is 0.574. The van der Waals surface area contributed by atoms with Gasteiger partial charge < -0.3 is 4.98 Å². The van der Waals surface area contributed by atoms with Gasteiger partial charge in [0, 0.05) is 18.0 Å². The molecule has 6 rings (SSSR count). The number of aromatic nitrogens is 7. The van der Waals surface area contributed by atoms with E-state index < -0.39 is 0 Å². The van der Waals surface area contributed by atoms with Crippen LogP contribution in [-0.4, -0.2) is 34.1 Å². The Kier molecular flexibility index (Phi) is 3.23. The minimum Gasteiger partial charge on any atom is -0.303 e. The van der Waals surface area contributed by atoms with Crippen LogP contribution in [0.15, 0.2) is 53.8 Å². The molecule has 0 amide bonds. The summed E-state index contributed by atoms with van der Waals surface area (Å²) in [6.45, 7) is 0. The first-order valence-corrected chi connectivity index (χ1v) is 9.23. The molecule has 0 aliphatic heterocycles. The Balaban J connectivity index is 1.56. The second-order valence-electron chi connectivity index (χ2n) is 7.05. The molecule has 9 heteroatoms. The molecule has 1 aliphatic carbocycles. The smallest absolute Gasteiger partial charge is 0.303 e. The highest BCUT2D eigenvalue weighted by Crippen LogP contribution is 2.33. The Morgan fingerprint density at radius 3 is 3.03 bits per heavy atom. The number of rotatable bonds is 2. The minimum absolute atomic E-state index is 0.139. The average Bonchev–Trinajstić information content (AvgIpc) is 3.41. The molecule has 0 saturated heterocycles. The fraction of sp³-hybridized carbons (Fsp3) is 0.150. The molecule has 1 N–H and O–H groups in total. The van der Waals surface area contributed by atoms with Gasteiger partial charge in [0.2, 0.25) is 5.95 Å². The Labute approximate surface area is 162 Å². The zero-order valence-corrected chi connectivity index (χ0v) is 15.1. The van der Waals surface area contributed by atoms with Gasteiger partial charge in [0.25, 0.3) is 0 Å². The van der Waals surface area contributed by atoms with Gasteiger partial charge >= 0.3 is 5.69 Å². The van der Waals surface area contributed by atoms with Gasteiger partial charge in [-0.2, -0.15) is 4.98 Å². The largest absolute Gasteiger partial charge is 0.328 e. The van der Waals surface area contributed by atoms with E-state index in [1.165, 1.54) is 12.1 Å². The van der Waals surface area contributed by atoms with Gasteiger partial charge in [-0.25, -0.2) is 19.2 Å². The summed E-state index contributed by atoms with van der Waals surface area (Å²) >= 11 is 0. The van der Waals surface area contributed by atoms with Crippen molar-refractivity contribution in [3.8, 4) is 5.95 Å². The monoisotopic (exact) mass is 387 g/mol. The highest BCUT2D eigenvalue weighted by molar-refractivity contribution is 5.77. The van der Waals surface area contributed by atoms with Crippen LogP contribution in [0.3, 0.4) is 0 Å². The molecule has 142 valence electrons. The van der Waals surface area contributed by atoms with Crippen LogP contribution in [-0.2, 0) is 6.42 Å². The zero-order valence-electron chi connectivity index (χ0n) is 15.1. The van der Waals surface area contributed by atoms with Crippen LogP contribution in [0.2, 0.25) is 0 Å². The van der Waals surface area contributed by atoms with Crippen LogP contribution in [0.4, 0.5) is 4.39 Å². The molecule has 1 aliphatic rings. The van der Waals surface area contributed by atoms with Crippen LogP contribution in [0.25, 0.3) is 28.1 Å². The molecule has 0 saturated carbocycles. The van der Waals surface area contributed by atoms with E-state index in [2.05, 4.69) is 24.9 Å². The lowest BCUT2D eigenvalue weighted by atomic mass is 10.1. The third kappa shape index (κ3) is 2.33. The average molecular weight is 387 g/mol. The van der Waals surface area contributed by atoms with E-state index in [-0.39, 0.29) is 17.5 Å². The number of aryl methyl sites for hydroxylation is 1. The van der Waals surface area contributed by atoms with E-state index in [9.17, 15) is 9.18 Å². The second-order valence-corrected chi connectivity index (χ2v) is 7.05. The SMILES string of the molecule is O=c1[nH]c2cnc(-n3cnc4ccc(F)cc43)nc2n1C1CCc2ncccc21. The Hall–Kier alpha value is -3.88. The number of halogens is 1. The second kappa shape index (κ2) is 5.81. The number of nitrogens with one attached hydrogen (secondary N) is 1. The lowest BCUT2D eigenvalue weighted by Crippen LogP contribution is -2.22. The number of hydrogen-bond acceptors (Lipinski definition) is 5. The summed E-state index contributed by atoms with van der Waals surface area (Å²) in [5, 5.41) is 0. The topological polar surface area (TPSA) is 94.3 Å². The first-order chi connectivity index (χ1) is 14.2. The molecule has 1 unspecified atom stereocenters. The van der Waals surface area contributed by atoms with Gasteiger partial charge in [0.05, 0.1) is 23.3 Å². The number of aromatic amines is 1. The van der Waals surface area contributed by atoms with Crippen molar-refractivity contribution in [3.05, 3.63) is 76.6 Å². The maximum atomic E-state index is 13.7. The Morgan fingerprint density at radius 2 is 2.10 bits per heavy atom. The van der Waals surface area contributed by atoms with Crippen molar-refractivity contribution in [1.29, 1.82) is 0 Å². The Bertz CT molecular complexity index is 1470. The molecule has 5 aromatic rings. The van der Waals surface area contributed by atoms with E-state index in [1.54, 1.807) is 33.9 Å². The van der Waals surface area contributed by atoms with Crippen molar-refractivity contribution in [2.24, 2.45) is 0 Å². The maximum Gasteiger partial charge on any atom is 0.328 e. The molecule has 0 bridgehead atoms. The molecule has 0 radical (unpaired) electrons. The molecule has 8 nitrogen and oxygen atoms in total. The molecule has 29 heavy (non-hydrogen) atoms. The Morgan fingerprint density at radius 1 is 1.17 bits per heavy atom. The highest BCUT2D eigenvalue weighted by Gasteiger charge is 2.28. The van der Waals surface area contributed by atoms with Gasteiger partial charge in [-0.15, -0.1) is 0 Å². The summed E-state index contributed by atoms with van der Waals surface area (Å²) in [6, 6.07) is 8.09. The normalized spacial score (nSPS) is 16.0. The molecular weight excluding hydrogens is 373 g/mol. The number of imidazole rings is 2. The van der Waals surface area contributed by atoms with Gasteiger partial charge in [-0.05, 0) is 36.6 Å².